The Kier molecular flexibility index (Phi) is 5.46. The van der Waals surface area contributed by atoms with Crippen molar-refractivity contribution >= 4 is 21.6 Å². The molecule has 0 spiro atoms. The van der Waals surface area contributed by atoms with Crippen LogP contribution in [0, 0.1) is 13.8 Å². The highest BCUT2D eigenvalue weighted by molar-refractivity contribution is 7.90. The van der Waals surface area contributed by atoms with Crippen LogP contribution in [0.5, 0.6) is 0 Å². The largest absolute Gasteiger partial charge is 0.353 e. The SMILES string of the molecule is Cc1ncnc(N2CCN(C(=O)Cc3ccc(S(C)(=O)=O)cc3)CC2)c1C. The highest BCUT2D eigenvalue weighted by Gasteiger charge is 2.23. The highest BCUT2D eigenvalue weighted by atomic mass is 32.2. The molecule has 0 N–H and O–H groups in total. The van der Waals surface area contributed by atoms with Gasteiger partial charge >= 0.3 is 0 Å². The van der Waals surface area contributed by atoms with Gasteiger partial charge in [-0.1, -0.05) is 12.1 Å². The first-order valence-corrected chi connectivity index (χ1v) is 10.7. The summed E-state index contributed by atoms with van der Waals surface area (Å²) in [6, 6.07) is 6.52. The van der Waals surface area contributed by atoms with Gasteiger partial charge in [0.1, 0.15) is 12.1 Å². The molecule has 27 heavy (non-hydrogen) atoms. The smallest absolute Gasteiger partial charge is 0.227 e. The predicted molar refractivity (Wildman–Crippen MR) is 104 cm³/mol. The van der Waals surface area contributed by atoms with Crippen LogP contribution < -0.4 is 4.90 Å². The van der Waals surface area contributed by atoms with E-state index in [0.717, 1.165) is 35.7 Å². The topological polar surface area (TPSA) is 83.5 Å². The maximum atomic E-state index is 12.6. The van der Waals surface area contributed by atoms with Crippen LogP contribution in [-0.4, -0.2) is 61.6 Å². The van der Waals surface area contributed by atoms with Gasteiger partial charge in [-0.3, -0.25) is 4.79 Å². The van der Waals surface area contributed by atoms with E-state index < -0.39 is 9.84 Å². The first-order chi connectivity index (χ1) is 12.8. The Morgan fingerprint density at radius 1 is 1.04 bits per heavy atom. The Morgan fingerprint density at radius 2 is 1.67 bits per heavy atom. The number of hydrogen-bond donors (Lipinski definition) is 0. The number of aryl methyl sites for hydroxylation is 1. The van der Waals surface area contributed by atoms with E-state index in [1.165, 1.54) is 6.26 Å². The number of rotatable bonds is 4. The molecule has 3 rings (SSSR count). The van der Waals surface area contributed by atoms with E-state index in [1.807, 2.05) is 18.7 Å². The summed E-state index contributed by atoms with van der Waals surface area (Å²) in [5, 5.41) is 0. The fourth-order valence-corrected chi connectivity index (χ4v) is 3.78. The Hall–Kier alpha value is -2.48. The van der Waals surface area contributed by atoms with Gasteiger partial charge in [0.15, 0.2) is 9.84 Å². The standard InChI is InChI=1S/C19H24N4O3S/c1-14-15(2)20-13-21-19(14)23-10-8-22(9-11-23)18(24)12-16-4-6-17(7-5-16)27(3,25)26/h4-7,13H,8-12H2,1-3H3. The van der Waals surface area contributed by atoms with Crippen LogP contribution >= 0.6 is 0 Å². The molecule has 0 saturated carbocycles. The second-order valence-electron chi connectivity index (χ2n) is 6.87. The monoisotopic (exact) mass is 388 g/mol. The minimum absolute atomic E-state index is 0.0531. The second kappa shape index (κ2) is 7.64. The number of sulfone groups is 1. The summed E-state index contributed by atoms with van der Waals surface area (Å²) < 4.78 is 23.0. The third-order valence-corrected chi connectivity index (χ3v) is 6.08. The van der Waals surface area contributed by atoms with Crippen molar-refractivity contribution in [3.8, 4) is 0 Å². The molecule has 8 heteroatoms. The summed E-state index contributed by atoms with van der Waals surface area (Å²) in [5.74, 6) is 0.989. The molecular formula is C19H24N4O3S. The van der Waals surface area contributed by atoms with Crippen molar-refractivity contribution in [3.05, 3.63) is 47.4 Å². The number of aromatic nitrogens is 2. The molecular weight excluding hydrogens is 364 g/mol. The van der Waals surface area contributed by atoms with Gasteiger partial charge in [-0.25, -0.2) is 18.4 Å². The molecule has 2 aromatic rings. The average Bonchev–Trinajstić information content (AvgIpc) is 2.64. The normalized spacial score (nSPS) is 15.1. The van der Waals surface area contributed by atoms with Crippen LogP contribution in [0.25, 0.3) is 0 Å². The van der Waals surface area contributed by atoms with Crippen LogP contribution in [0.1, 0.15) is 16.8 Å². The van der Waals surface area contributed by atoms with Crippen LogP contribution in [-0.2, 0) is 21.1 Å². The molecule has 0 radical (unpaired) electrons. The van der Waals surface area contributed by atoms with Crippen molar-refractivity contribution in [1.29, 1.82) is 0 Å². The van der Waals surface area contributed by atoms with Gasteiger partial charge in [-0.15, -0.1) is 0 Å². The second-order valence-corrected chi connectivity index (χ2v) is 8.88. The van der Waals surface area contributed by atoms with E-state index in [9.17, 15) is 13.2 Å². The fourth-order valence-electron chi connectivity index (χ4n) is 3.15. The van der Waals surface area contributed by atoms with E-state index in [2.05, 4.69) is 14.9 Å². The Morgan fingerprint density at radius 3 is 2.26 bits per heavy atom. The lowest BCUT2D eigenvalue weighted by Gasteiger charge is -2.36. The summed E-state index contributed by atoms with van der Waals surface area (Å²) in [4.78, 5) is 25.5. The number of piperazine rings is 1. The lowest BCUT2D eigenvalue weighted by molar-refractivity contribution is -0.130. The third-order valence-electron chi connectivity index (χ3n) is 4.95. The van der Waals surface area contributed by atoms with Crippen LogP contribution in [0.15, 0.2) is 35.5 Å². The summed E-state index contributed by atoms with van der Waals surface area (Å²) in [6.45, 7) is 6.73. The first kappa shape index (κ1) is 19.3. The average molecular weight is 388 g/mol. The van der Waals surface area contributed by atoms with Crippen molar-refractivity contribution < 1.29 is 13.2 Å². The molecule has 0 aliphatic carbocycles. The maximum absolute atomic E-state index is 12.6. The van der Waals surface area contributed by atoms with Gasteiger partial charge in [0.25, 0.3) is 0 Å². The lowest BCUT2D eigenvalue weighted by Crippen LogP contribution is -2.49. The van der Waals surface area contributed by atoms with E-state index in [0.29, 0.717) is 13.1 Å². The summed E-state index contributed by atoms with van der Waals surface area (Å²) in [7, 11) is -3.22. The number of carbonyl (C=O) groups is 1. The van der Waals surface area contributed by atoms with Crippen molar-refractivity contribution in [1.82, 2.24) is 14.9 Å². The number of carbonyl (C=O) groups excluding carboxylic acids is 1. The van der Waals surface area contributed by atoms with E-state index in [1.54, 1.807) is 30.6 Å². The molecule has 0 bridgehead atoms. The minimum Gasteiger partial charge on any atom is -0.353 e. The Bertz CT molecular complexity index is 934. The van der Waals surface area contributed by atoms with Crippen LogP contribution in [0.3, 0.4) is 0 Å². The molecule has 1 fully saturated rings. The maximum Gasteiger partial charge on any atom is 0.227 e. The van der Waals surface area contributed by atoms with Crippen molar-refractivity contribution in [2.45, 2.75) is 25.2 Å². The van der Waals surface area contributed by atoms with Gasteiger partial charge in [-0.2, -0.15) is 0 Å². The molecule has 144 valence electrons. The van der Waals surface area contributed by atoms with Crippen molar-refractivity contribution in [2.75, 3.05) is 37.3 Å². The molecule has 1 aromatic carbocycles. The Labute approximate surface area is 160 Å². The van der Waals surface area contributed by atoms with Gasteiger partial charge < -0.3 is 9.80 Å². The zero-order valence-corrected chi connectivity index (χ0v) is 16.7. The van der Waals surface area contributed by atoms with Crippen molar-refractivity contribution in [3.63, 3.8) is 0 Å². The van der Waals surface area contributed by atoms with E-state index >= 15 is 0 Å². The zero-order valence-electron chi connectivity index (χ0n) is 15.8. The predicted octanol–water partition coefficient (Wildman–Crippen LogP) is 1.39. The quantitative estimate of drug-likeness (QED) is 0.787. The van der Waals surface area contributed by atoms with Gasteiger partial charge in [0.2, 0.25) is 5.91 Å². The molecule has 0 atom stereocenters. The lowest BCUT2D eigenvalue weighted by atomic mass is 10.1. The van der Waals surface area contributed by atoms with Crippen LogP contribution in [0.2, 0.25) is 0 Å². The van der Waals surface area contributed by atoms with Crippen molar-refractivity contribution in [2.24, 2.45) is 0 Å². The molecule has 1 aromatic heterocycles. The number of anilines is 1. The molecule has 7 nitrogen and oxygen atoms in total. The molecule has 1 aliphatic heterocycles. The Balaban J connectivity index is 1.59. The van der Waals surface area contributed by atoms with E-state index in [-0.39, 0.29) is 17.2 Å². The summed E-state index contributed by atoms with van der Waals surface area (Å²) >= 11 is 0. The fraction of sp³-hybridized carbons (Fsp3) is 0.421. The molecule has 1 aliphatic rings. The van der Waals surface area contributed by atoms with Gasteiger partial charge in [-0.05, 0) is 31.5 Å². The van der Waals surface area contributed by atoms with Gasteiger partial charge in [0, 0.05) is 43.7 Å². The number of benzene rings is 1. The number of hydrogen-bond acceptors (Lipinski definition) is 6. The summed E-state index contributed by atoms with van der Waals surface area (Å²) in [5.41, 5.74) is 2.86. The highest BCUT2D eigenvalue weighted by Crippen LogP contribution is 2.20. The molecule has 0 unspecified atom stereocenters. The first-order valence-electron chi connectivity index (χ1n) is 8.85. The molecule has 1 amide bonds. The number of amides is 1. The minimum atomic E-state index is -3.22. The third kappa shape index (κ3) is 4.44. The number of nitrogens with zero attached hydrogens (tertiary/aromatic N) is 4. The zero-order chi connectivity index (χ0) is 19.6. The van der Waals surface area contributed by atoms with Crippen LogP contribution in [0.4, 0.5) is 5.82 Å². The van der Waals surface area contributed by atoms with E-state index in [4.69, 9.17) is 0 Å². The van der Waals surface area contributed by atoms with Gasteiger partial charge in [0.05, 0.1) is 11.3 Å². The molecule has 2 heterocycles. The molecule has 1 saturated heterocycles. The summed E-state index contributed by atoms with van der Waals surface area (Å²) in [6.07, 6.45) is 3.03.